The fraction of sp³-hybridized carbons (Fsp3) is 0.448. The van der Waals surface area contributed by atoms with Crippen LogP contribution in [0.5, 0.6) is 0 Å². The maximum absolute atomic E-state index is 15.8. The molecule has 9 heteroatoms. The number of aromatic amines is 1. The molecule has 0 aliphatic carbocycles. The van der Waals surface area contributed by atoms with Gasteiger partial charge >= 0.3 is 0 Å². The number of rotatable bonds is 9. The molecule has 1 aromatic heterocycles. The molecular weight excluding hydrogens is 496 g/mol. The molecular formula is C29H32F4N4O. The first-order chi connectivity index (χ1) is 18.3. The van der Waals surface area contributed by atoms with Gasteiger partial charge in [-0.1, -0.05) is 24.1 Å². The number of terminal acetylenes is 1. The minimum atomic E-state index is -2.37. The third kappa shape index (κ3) is 4.89. The first kappa shape index (κ1) is 26.5. The van der Waals surface area contributed by atoms with E-state index >= 15 is 13.2 Å². The van der Waals surface area contributed by atoms with Crippen LogP contribution in [0.15, 0.2) is 36.4 Å². The molecule has 3 atom stereocenters. The van der Waals surface area contributed by atoms with Crippen molar-refractivity contribution in [3.05, 3.63) is 64.9 Å². The average Bonchev–Trinajstić information content (AvgIpc) is 3.24. The Labute approximate surface area is 219 Å². The van der Waals surface area contributed by atoms with Crippen molar-refractivity contribution in [2.45, 2.75) is 43.6 Å². The molecule has 0 bridgehead atoms. The standard InChI is InChI=1S/C29H32F4N4O/c1-3-29(33,17-38)16-37-18(2)11-22-21-7-4-5-8-25(21)35-27(22)28(37)26-23(31)12-19(13-24(26)32)34-20-14-36(15-20)10-6-9-30/h1,4-5,7-8,12-13,18,20,28,34-35,38H,6,9-11,14-17H2,2H3/t18-,28-,29-/m1/s1. The smallest absolute Gasteiger partial charge is 0.205 e. The number of likely N-dealkylation sites (tertiary alicyclic amines) is 1. The molecule has 0 unspecified atom stereocenters. The highest BCUT2D eigenvalue weighted by molar-refractivity contribution is 5.85. The fourth-order valence-corrected chi connectivity index (χ4v) is 5.79. The van der Waals surface area contributed by atoms with Gasteiger partial charge in [0.15, 0.2) is 0 Å². The molecule has 0 radical (unpaired) electrons. The normalized spacial score (nSPS) is 22.0. The lowest BCUT2D eigenvalue weighted by molar-refractivity contribution is 0.0396. The molecule has 2 aliphatic rings. The monoisotopic (exact) mass is 528 g/mol. The number of benzene rings is 2. The van der Waals surface area contributed by atoms with Crippen molar-refractivity contribution in [1.82, 2.24) is 14.8 Å². The van der Waals surface area contributed by atoms with E-state index in [1.54, 1.807) is 4.90 Å². The van der Waals surface area contributed by atoms with E-state index in [9.17, 15) is 9.50 Å². The summed E-state index contributed by atoms with van der Waals surface area (Å²) in [5, 5.41) is 13.8. The number of alkyl halides is 2. The van der Waals surface area contributed by atoms with E-state index in [4.69, 9.17) is 6.42 Å². The van der Waals surface area contributed by atoms with Crippen LogP contribution in [0.2, 0.25) is 0 Å². The van der Waals surface area contributed by atoms with Crippen molar-refractivity contribution in [3.63, 3.8) is 0 Å². The van der Waals surface area contributed by atoms with Gasteiger partial charge in [-0.05, 0) is 43.5 Å². The molecule has 0 amide bonds. The first-order valence-electron chi connectivity index (χ1n) is 12.9. The molecule has 2 aliphatic heterocycles. The maximum Gasteiger partial charge on any atom is 0.205 e. The second-order valence-electron chi connectivity index (χ2n) is 10.5. The predicted octanol–water partition coefficient (Wildman–Crippen LogP) is 4.57. The number of para-hydroxylation sites is 1. The van der Waals surface area contributed by atoms with Crippen LogP contribution < -0.4 is 5.32 Å². The van der Waals surface area contributed by atoms with E-state index in [1.807, 2.05) is 37.1 Å². The first-order valence-corrected chi connectivity index (χ1v) is 12.9. The number of nitrogens with one attached hydrogen (secondary N) is 2. The van der Waals surface area contributed by atoms with Crippen LogP contribution in [-0.2, 0) is 6.42 Å². The maximum atomic E-state index is 15.8. The highest BCUT2D eigenvalue weighted by Gasteiger charge is 2.43. The summed E-state index contributed by atoms with van der Waals surface area (Å²) in [4.78, 5) is 7.03. The zero-order valence-electron chi connectivity index (χ0n) is 21.3. The Balaban J connectivity index is 1.51. The van der Waals surface area contributed by atoms with Crippen LogP contribution in [-0.4, -0.2) is 77.1 Å². The number of halogens is 4. The minimum Gasteiger partial charge on any atom is -0.392 e. The van der Waals surface area contributed by atoms with Crippen LogP contribution in [0.4, 0.5) is 23.2 Å². The third-order valence-corrected chi connectivity index (χ3v) is 7.75. The van der Waals surface area contributed by atoms with Crippen molar-refractivity contribution in [1.29, 1.82) is 0 Å². The molecule has 0 spiro atoms. The molecule has 1 fully saturated rings. The number of aromatic nitrogens is 1. The van der Waals surface area contributed by atoms with Gasteiger partial charge in [-0.2, -0.15) is 0 Å². The second-order valence-corrected chi connectivity index (χ2v) is 10.5. The molecule has 202 valence electrons. The lowest BCUT2D eigenvalue weighted by Crippen LogP contribution is -2.54. The number of hydrogen-bond acceptors (Lipinski definition) is 4. The Morgan fingerprint density at radius 1 is 1.21 bits per heavy atom. The van der Waals surface area contributed by atoms with Crippen LogP contribution in [0, 0.1) is 24.0 Å². The van der Waals surface area contributed by atoms with Crippen LogP contribution in [0.25, 0.3) is 10.9 Å². The summed E-state index contributed by atoms with van der Waals surface area (Å²) in [6.07, 6.45) is 6.39. The SMILES string of the molecule is C#C[C@](F)(CO)CN1[C@H](c2c(F)cc(NC3CN(CCCF)C3)cc2F)c2[nH]c3ccccc3c2C[C@H]1C. The van der Waals surface area contributed by atoms with Crippen molar-refractivity contribution >= 4 is 16.6 Å². The van der Waals surface area contributed by atoms with Gasteiger partial charge < -0.3 is 15.4 Å². The summed E-state index contributed by atoms with van der Waals surface area (Å²) < 4.78 is 59.3. The van der Waals surface area contributed by atoms with E-state index in [-0.39, 0.29) is 24.3 Å². The van der Waals surface area contributed by atoms with Gasteiger partial charge in [-0.15, -0.1) is 6.42 Å². The van der Waals surface area contributed by atoms with E-state index in [2.05, 4.69) is 15.2 Å². The topological polar surface area (TPSA) is 54.5 Å². The predicted molar refractivity (Wildman–Crippen MR) is 141 cm³/mol. The molecule has 0 saturated carbocycles. The summed E-state index contributed by atoms with van der Waals surface area (Å²) >= 11 is 0. The van der Waals surface area contributed by atoms with Gasteiger partial charge in [-0.25, -0.2) is 13.2 Å². The van der Waals surface area contributed by atoms with Gasteiger partial charge in [0.05, 0.1) is 25.4 Å². The molecule has 3 aromatic rings. The van der Waals surface area contributed by atoms with Crippen molar-refractivity contribution < 1.29 is 22.7 Å². The summed E-state index contributed by atoms with van der Waals surface area (Å²) in [6.45, 7) is 2.19. The van der Waals surface area contributed by atoms with E-state index in [0.29, 0.717) is 43.9 Å². The summed E-state index contributed by atoms with van der Waals surface area (Å²) in [5.41, 5.74) is 0.0665. The zero-order valence-corrected chi connectivity index (χ0v) is 21.3. The van der Waals surface area contributed by atoms with E-state index in [0.717, 1.165) is 16.5 Å². The zero-order chi connectivity index (χ0) is 27.0. The Morgan fingerprint density at radius 3 is 2.58 bits per heavy atom. The van der Waals surface area contributed by atoms with Gasteiger partial charge in [0.25, 0.3) is 0 Å². The quantitative estimate of drug-likeness (QED) is 0.281. The number of hydrogen-bond donors (Lipinski definition) is 3. The van der Waals surface area contributed by atoms with Crippen molar-refractivity contribution in [2.24, 2.45) is 0 Å². The Hall–Kier alpha value is -3.06. The second kappa shape index (κ2) is 10.6. The van der Waals surface area contributed by atoms with Crippen LogP contribution in [0.3, 0.4) is 0 Å². The van der Waals surface area contributed by atoms with Crippen LogP contribution >= 0.6 is 0 Å². The number of H-pyrrole nitrogens is 1. The van der Waals surface area contributed by atoms with Crippen LogP contribution in [0.1, 0.15) is 36.2 Å². The molecule has 38 heavy (non-hydrogen) atoms. The highest BCUT2D eigenvalue weighted by Crippen LogP contribution is 2.43. The number of aliphatic hydroxyl groups excluding tert-OH is 1. The Morgan fingerprint density at radius 2 is 1.92 bits per heavy atom. The number of fused-ring (bicyclic) bond motifs is 3. The third-order valence-electron chi connectivity index (χ3n) is 7.75. The van der Waals surface area contributed by atoms with Gasteiger partial charge in [0.1, 0.15) is 11.6 Å². The number of nitrogens with zero attached hydrogens (tertiary/aromatic N) is 2. The largest absolute Gasteiger partial charge is 0.392 e. The lowest BCUT2D eigenvalue weighted by Gasteiger charge is -2.43. The molecule has 3 N–H and O–H groups in total. The molecule has 3 heterocycles. The lowest BCUT2D eigenvalue weighted by atomic mass is 9.87. The van der Waals surface area contributed by atoms with Crippen molar-refractivity contribution in [3.8, 4) is 12.3 Å². The number of anilines is 1. The van der Waals surface area contributed by atoms with E-state index in [1.165, 1.54) is 12.1 Å². The molecule has 5 nitrogen and oxygen atoms in total. The molecule has 2 aromatic carbocycles. The molecule has 1 saturated heterocycles. The number of aliphatic hydroxyl groups is 1. The summed E-state index contributed by atoms with van der Waals surface area (Å²) in [5.74, 6) is 0.496. The summed E-state index contributed by atoms with van der Waals surface area (Å²) in [7, 11) is 0. The Kier molecular flexibility index (Phi) is 7.40. The van der Waals surface area contributed by atoms with Gasteiger partial charge in [0.2, 0.25) is 5.67 Å². The van der Waals surface area contributed by atoms with Crippen molar-refractivity contribution in [2.75, 3.05) is 44.8 Å². The van der Waals surface area contributed by atoms with E-state index < -0.39 is 36.5 Å². The minimum absolute atomic E-state index is 0.0121. The average molecular weight is 529 g/mol. The highest BCUT2D eigenvalue weighted by atomic mass is 19.1. The van der Waals surface area contributed by atoms with Gasteiger partial charge in [0, 0.05) is 60.1 Å². The fourth-order valence-electron chi connectivity index (χ4n) is 5.79. The Bertz CT molecular complexity index is 1330. The molecule has 5 rings (SSSR count). The summed E-state index contributed by atoms with van der Waals surface area (Å²) in [6, 6.07) is 8.86. The van der Waals surface area contributed by atoms with Gasteiger partial charge in [-0.3, -0.25) is 14.2 Å².